The third-order valence-electron chi connectivity index (χ3n) is 7.80. The van der Waals surface area contributed by atoms with Gasteiger partial charge in [-0.05, 0) is 98.4 Å². The van der Waals surface area contributed by atoms with Crippen LogP contribution in [0.3, 0.4) is 0 Å². The quantitative estimate of drug-likeness (QED) is 0.384. The molecule has 0 saturated heterocycles. The van der Waals surface area contributed by atoms with Crippen molar-refractivity contribution in [3.05, 3.63) is 89.6 Å². The molecule has 5 nitrogen and oxygen atoms in total. The fourth-order valence-electron chi connectivity index (χ4n) is 5.56. The summed E-state index contributed by atoms with van der Waals surface area (Å²) in [5.41, 5.74) is 5.80. The number of aromatic nitrogens is 2. The van der Waals surface area contributed by atoms with Gasteiger partial charge in [0, 0.05) is 43.2 Å². The van der Waals surface area contributed by atoms with Crippen LogP contribution in [0.25, 0.3) is 17.3 Å². The lowest BCUT2D eigenvalue weighted by atomic mass is 9.84. The fourth-order valence-corrected chi connectivity index (χ4v) is 5.56. The smallest absolute Gasteiger partial charge is 0.244 e. The van der Waals surface area contributed by atoms with E-state index in [4.69, 9.17) is 0 Å². The fraction of sp³-hybridized carbons (Fsp3) is 0.387. The summed E-state index contributed by atoms with van der Waals surface area (Å²) in [6.45, 7) is 3.36. The van der Waals surface area contributed by atoms with Crippen molar-refractivity contribution in [1.82, 2.24) is 20.2 Å². The Balaban J connectivity index is 0.00000336. The first-order valence-electron chi connectivity index (χ1n) is 13.5. The van der Waals surface area contributed by atoms with Gasteiger partial charge >= 0.3 is 0 Å². The maximum Gasteiger partial charge on any atom is 0.244 e. The van der Waals surface area contributed by atoms with Crippen LogP contribution in [-0.2, 0) is 17.6 Å². The molecule has 1 aromatic heterocycles. The molecule has 0 bridgehead atoms. The van der Waals surface area contributed by atoms with Gasteiger partial charge in [0.2, 0.25) is 5.91 Å². The summed E-state index contributed by atoms with van der Waals surface area (Å²) in [5, 5.41) is 3.14. The Morgan fingerprint density at radius 3 is 2.50 bits per heavy atom. The Morgan fingerprint density at radius 2 is 1.76 bits per heavy atom. The molecule has 1 saturated carbocycles. The zero-order chi connectivity index (χ0) is 25.5. The lowest BCUT2D eigenvalue weighted by Crippen LogP contribution is -2.37. The number of fused-ring (bicyclic) bond motifs is 1. The number of hydrogen-bond donors (Lipinski definition) is 1. The Morgan fingerprint density at radius 1 is 1.00 bits per heavy atom. The Kier molecular flexibility index (Phi) is 10.0. The summed E-state index contributed by atoms with van der Waals surface area (Å²) in [7, 11) is 0. The summed E-state index contributed by atoms with van der Waals surface area (Å²) >= 11 is 0. The number of hydrogen-bond acceptors (Lipinski definition) is 4. The average molecular weight is 535 g/mol. The standard InChI is InChI=1S/C31H35FN4O.ClH/c32-28-8-1-23(2-9-28)5-12-31(37)35-29-10-3-24(4-11-29)13-18-36-19-14-25-6-7-27(21-26(25)15-20-36)30-22-33-16-17-34-30;/h1-2,5-9,12,16-17,21-22,24,29H,3-4,10-11,13-15,18-20H2,(H,35,37);1H/b12-5+;. The van der Waals surface area contributed by atoms with E-state index in [0.717, 1.165) is 68.1 Å². The second-order valence-electron chi connectivity index (χ2n) is 10.3. The van der Waals surface area contributed by atoms with Gasteiger partial charge in [-0.3, -0.25) is 14.8 Å². The summed E-state index contributed by atoms with van der Waals surface area (Å²) in [5.74, 6) is 0.392. The molecule has 200 valence electrons. The number of rotatable bonds is 7. The van der Waals surface area contributed by atoms with Gasteiger partial charge in [0.15, 0.2) is 0 Å². The molecular formula is C31H36ClFN4O. The predicted molar refractivity (Wildman–Crippen MR) is 153 cm³/mol. The van der Waals surface area contributed by atoms with Gasteiger partial charge in [0.25, 0.3) is 0 Å². The lowest BCUT2D eigenvalue weighted by molar-refractivity contribution is -0.117. The van der Waals surface area contributed by atoms with E-state index in [1.165, 1.54) is 42.5 Å². The largest absolute Gasteiger partial charge is 0.350 e. The maximum absolute atomic E-state index is 13.0. The van der Waals surface area contributed by atoms with E-state index >= 15 is 0 Å². The van der Waals surface area contributed by atoms with Crippen molar-refractivity contribution in [2.24, 2.45) is 5.92 Å². The Hall–Kier alpha value is -3.09. The van der Waals surface area contributed by atoms with Crippen molar-refractivity contribution in [3.8, 4) is 11.3 Å². The molecule has 1 aliphatic carbocycles. The molecule has 38 heavy (non-hydrogen) atoms. The highest BCUT2D eigenvalue weighted by Crippen LogP contribution is 2.28. The molecule has 3 aromatic rings. The first-order chi connectivity index (χ1) is 18.1. The van der Waals surface area contributed by atoms with E-state index in [0.29, 0.717) is 0 Å². The van der Waals surface area contributed by atoms with E-state index in [2.05, 4.69) is 38.4 Å². The molecular weight excluding hydrogens is 499 g/mol. The SMILES string of the molecule is Cl.O=C(/C=C/c1ccc(F)cc1)NC1CCC(CCN2CCc3ccc(-c4cnccn4)cc3CC2)CC1. The first-order valence-corrected chi connectivity index (χ1v) is 13.5. The molecule has 1 N–H and O–H groups in total. The van der Waals surface area contributed by atoms with E-state index < -0.39 is 0 Å². The maximum atomic E-state index is 13.0. The van der Waals surface area contributed by atoms with Crippen molar-refractivity contribution in [2.75, 3.05) is 19.6 Å². The van der Waals surface area contributed by atoms with Gasteiger partial charge < -0.3 is 10.2 Å². The van der Waals surface area contributed by atoms with E-state index in [1.54, 1.807) is 36.7 Å². The van der Waals surface area contributed by atoms with E-state index in [-0.39, 0.29) is 30.2 Å². The minimum absolute atomic E-state index is 0. The number of halogens is 2. The number of nitrogens with one attached hydrogen (secondary N) is 1. The highest BCUT2D eigenvalue weighted by Gasteiger charge is 2.23. The minimum Gasteiger partial charge on any atom is -0.350 e. The topological polar surface area (TPSA) is 58.1 Å². The monoisotopic (exact) mass is 534 g/mol. The van der Waals surface area contributed by atoms with Crippen LogP contribution in [0.2, 0.25) is 0 Å². The van der Waals surface area contributed by atoms with Crippen LogP contribution in [0.4, 0.5) is 4.39 Å². The van der Waals surface area contributed by atoms with Gasteiger partial charge in [0.1, 0.15) is 5.82 Å². The van der Waals surface area contributed by atoms with Crippen LogP contribution in [0.1, 0.15) is 48.8 Å². The molecule has 0 atom stereocenters. The number of nitrogens with zero attached hydrogens (tertiary/aromatic N) is 3. The molecule has 0 radical (unpaired) electrons. The summed E-state index contributed by atoms with van der Waals surface area (Å²) in [6, 6.07) is 13.1. The molecule has 1 fully saturated rings. The van der Waals surface area contributed by atoms with Gasteiger partial charge in [-0.15, -0.1) is 12.4 Å². The molecule has 2 aliphatic rings. The number of benzene rings is 2. The molecule has 1 aliphatic heterocycles. The van der Waals surface area contributed by atoms with Crippen LogP contribution in [0.15, 0.2) is 67.1 Å². The van der Waals surface area contributed by atoms with Crippen molar-refractivity contribution < 1.29 is 9.18 Å². The Bertz CT molecular complexity index is 1210. The zero-order valence-corrected chi connectivity index (χ0v) is 22.5. The number of amides is 1. The predicted octanol–water partition coefficient (Wildman–Crippen LogP) is 5.88. The second-order valence-corrected chi connectivity index (χ2v) is 10.3. The second kappa shape index (κ2) is 13.6. The first kappa shape index (κ1) is 27.9. The van der Waals surface area contributed by atoms with E-state index in [9.17, 15) is 9.18 Å². The lowest BCUT2D eigenvalue weighted by Gasteiger charge is -2.30. The molecule has 5 rings (SSSR count). The number of carbonyl (C=O) groups is 1. The van der Waals surface area contributed by atoms with Gasteiger partial charge in [-0.25, -0.2) is 4.39 Å². The molecule has 2 aromatic carbocycles. The van der Waals surface area contributed by atoms with Gasteiger partial charge in [-0.2, -0.15) is 0 Å². The van der Waals surface area contributed by atoms with Crippen LogP contribution in [0.5, 0.6) is 0 Å². The van der Waals surface area contributed by atoms with Crippen molar-refractivity contribution in [2.45, 2.75) is 51.0 Å². The number of carbonyl (C=O) groups excluding carboxylic acids is 1. The molecule has 0 unspecified atom stereocenters. The molecule has 2 heterocycles. The highest BCUT2D eigenvalue weighted by atomic mass is 35.5. The van der Waals surface area contributed by atoms with Crippen LogP contribution in [-0.4, -0.2) is 46.5 Å². The normalized spacial score (nSPS) is 19.8. The summed E-state index contributed by atoms with van der Waals surface area (Å²) in [4.78, 5) is 23.6. The van der Waals surface area contributed by atoms with Crippen LogP contribution >= 0.6 is 12.4 Å². The zero-order valence-electron chi connectivity index (χ0n) is 21.7. The third-order valence-corrected chi connectivity index (χ3v) is 7.80. The van der Waals surface area contributed by atoms with Gasteiger partial charge in [0.05, 0.1) is 11.9 Å². The molecule has 1 amide bonds. The van der Waals surface area contributed by atoms with Crippen molar-refractivity contribution >= 4 is 24.4 Å². The molecule has 7 heteroatoms. The van der Waals surface area contributed by atoms with E-state index in [1.807, 2.05) is 6.20 Å². The minimum atomic E-state index is -0.271. The average Bonchev–Trinajstić information content (AvgIpc) is 3.15. The summed E-state index contributed by atoms with van der Waals surface area (Å²) in [6.07, 6.45) is 16.4. The van der Waals surface area contributed by atoms with Crippen molar-refractivity contribution in [1.29, 1.82) is 0 Å². The highest BCUT2D eigenvalue weighted by molar-refractivity contribution is 5.91. The van der Waals surface area contributed by atoms with Crippen LogP contribution < -0.4 is 5.32 Å². The summed E-state index contributed by atoms with van der Waals surface area (Å²) < 4.78 is 13.0. The van der Waals surface area contributed by atoms with Crippen molar-refractivity contribution in [3.63, 3.8) is 0 Å². The van der Waals surface area contributed by atoms with Gasteiger partial charge in [-0.1, -0.05) is 24.3 Å². The molecule has 0 spiro atoms. The Labute approximate surface area is 231 Å². The third kappa shape index (κ3) is 7.71. The van der Waals surface area contributed by atoms with Crippen LogP contribution in [0, 0.1) is 11.7 Å².